The number of carbonyl (C=O) groups is 1. The molecule has 0 saturated heterocycles. The van der Waals surface area contributed by atoms with Crippen LogP contribution in [0, 0.1) is 0 Å². The molecule has 94 valence electrons. The third-order valence-corrected chi connectivity index (χ3v) is 3.70. The first-order chi connectivity index (χ1) is 9.24. The maximum atomic E-state index is 12.1. The fraction of sp³-hybridized carbons (Fsp3) is 0. The molecule has 1 amide bonds. The number of hydrogen-bond donors (Lipinski definition) is 2. The van der Waals surface area contributed by atoms with Gasteiger partial charge in [0.2, 0.25) is 0 Å². The van der Waals surface area contributed by atoms with Crippen LogP contribution in [0.5, 0.6) is 0 Å². The maximum Gasteiger partial charge on any atom is 0.257 e. The van der Waals surface area contributed by atoms with Crippen LogP contribution in [0.1, 0.15) is 10.4 Å². The Kier molecular flexibility index (Phi) is 2.89. The number of nitrogens with zero attached hydrogens (tertiary/aromatic N) is 1. The van der Waals surface area contributed by atoms with Gasteiger partial charge in [-0.2, -0.15) is 0 Å². The zero-order valence-corrected chi connectivity index (χ0v) is 10.8. The van der Waals surface area contributed by atoms with Gasteiger partial charge in [-0.3, -0.25) is 9.78 Å². The van der Waals surface area contributed by atoms with Crippen LogP contribution in [-0.2, 0) is 0 Å². The molecule has 3 aromatic rings. The summed E-state index contributed by atoms with van der Waals surface area (Å²) in [7, 11) is 0. The van der Waals surface area contributed by atoms with Crippen molar-refractivity contribution < 1.29 is 4.79 Å². The van der Waals surface area contributed by atoms with E-state index in [1.807, 2.05) is 29.6 Å². The van der Waals surface area contributed by atoms with Gasteiger partial charge in [-0.25, -0.2) is 0 Å². The van der Waals surface area contributed by atoms with Crippen LogP contribution in [0.4, 0.5) is 11.4 Å². The smallest absolute Gasteiger partial charge is 0.257 e. The van der Waals surface area contributed by atoms with Gasteiger partial charge >= 0.3 is 0 Å². The van der Waals surface area contributed by atoms with Gasteiger partial charge in [0.15, 0.2) is 0 Å². The van der Waals surface area contributed by atoms with Crippen molar-refractivity contribution in [2.75, 3.05) is 11.1 Å². The van der Waals surface area contributed by atoms with Gasteiger partial charge in [0.05, 0.1) is 17.4 Å². The third kappa shape index (κ3) is 2.28. The summed E-state index contributed by atoms with van der Waals surface area (Å²) in [6.07, 6.45) is 3.02. The summed E-state index contributed by atoms with van der Waals surface area (Å²) < 4.78 is 1.20. The van der Waals surface area contributed by atoms with E-state index in [9.17, 15) is 4.79 Å². The zero-order chi connectivity index (χ0) is 13.2. The highest BCUT2D eigenvalue weighted by Gasteiger charge is 2.09. The molecule has 2 aromatic heterocycles. The molecule has 0 spiro atoms. The number of rotatable bonds is 2. The van der Waals surface area contributed by atoms with Gasteiger partial charge in [0.1, 0.15) is 0 Å². The number of aromatic nitrogens is 1. The van der Waals surface area contributed by atoms with E-state index >= 15 is 0 Å². The summed E-state index contributed by atoms with van der Waals surface area (Å²) in [6.45, 7) is 0. The van der Waals surface area contributed by atoms with Crippen LogP contribution in [0.25, 0.3) is 10.1 Å². The molecule has 0 fully saturated rings. The molecule has 0 unspecified atom stereocenters. The zero-order valence-electron chi connectivity index (χ0n) is 9.96. The number of carbonyl (C=O) groups excluding carboxylic acids is 1. The molecule has 3 N–H and O–H groups in total. The topological polar surface area (TPSA) is 68.0 Å². The van der Waals surface area contributed by atoms with E-state index in [2.05, 4.69) is 10.3 Å². The minimum atomic E-state index is -0.227. The number of nitrogens with two attached hydrogens (primary N) is 1. The van der Waals surface area contributed by atoms with Gasteiger partial charge in [-0.15, -0.1) is 11.3 Å². The van der Waals surface area contributed by atoms with Crippen molar-refractivity contribution in [3.8, 4) is 0 Å². The second-order valence-electron chi connectivity index (χ2n) is 4.09. The largest absolute Gasteiger partial charge is 0.397 e. The number of pyridine rings is 1. The van der Waals surface area contributed by atoms with Gasteiger partial charge in [0, 0.05) is 16.6 Å². The second-order valence-corrected chi connectivity index (χ2v) is 5.04. The van der Waals surface area contributed by atoms with Crippen LogP contribution in [-0.4, -0.2) is 10.9 Å². The molecule has 0 radical (unpaired) electrons. The molecule has 5 heteroatoms. The lowest BCUT2D eigenvalue weighted by molar-refractivity contribution is 0.102. The Morgan fingerprint density at radius 3 is 3.00 bits per heavy atom. The lowest BCUT2D eigenvalue weighted by Crippen LogP contribution is -2.14. The molecular formula is C14H11N3OS. The van der Waals surface area contributed by atoms with Crippen molar-refractivity contribution in [1.29, 1.82) is 0 Å². The van der Waals surface area contributed by atoms with Crippen LogP contribution in [0.15, 0.2) is 48.1 Å². The Bertz CT molecular complexity index is 751. The van der Waals surface area contributed by atoms with E-state index in [-0.39, 0.29) is 5.91 Å². The fourth-order valence-corrected chi connectivity index (χ4v) is 2.63. The fourth-order valence-electron chi connectivity index (χ4n) is 1.86. The van der Waals surface area contributed by atoms with Crippen molar-refractivity contribution in [3.05, 3.63) is 53.7 Å². The molecule has 0 atom stereocenters. The number of nitrogen functional groups attached to an aromatic ring is 1. The second kappa shape index (κ2) is 4.70. The van der Waals surface area contributed by atoms with Gasteiger partial charge in [-0.1, -0.05) is 0 Å². The van der Waals surface area contributed by atoms with Crippen LogP contribution in [0.2, 0.25) is 0 Å². The molecule has 0 bridgehead atoms. The predicted molar refractivity (Wildman–Crippen MR) is 78.4 cm³/mol. The Hall–Kier alpha value is -2.40. The summed E-state index contributed by atoms with van der Waals surface area (Å²) in [5.74, 6) is -0.227. The molecule has 0 saturated carbocycles. The molecule has 3 rings (SSSR count). The monoisotopic (exact) mass is 269 g/mol. The maximum absolute atomic E-state index is 12.1. The molecule has 19 heavy (non-hydrogen) atoms. The first kappa shape index (κ1) is 11.7. The number of amides is 1. The van der Waals surface area contributed by atoms with E-state index in [1.165, 1.54) is 10.9 Å². The van der Waals surface area contributed by atoms with Gasteiger partial charge in [0.25, 0.3) is 5.91 Å². The standard InChI is InChI=1S/C14H11N3OS/c15-12-8-16-5-3-11(12)14(18)17-10-1-2-13-9(7-10)4-6-19-13/h1-8H,15H2,(H,17,18). The number of hydrogen-bond acceptors (Lipinski definition) is 4. The first-order valence-electron chi connectivity index (χ1n) is 5.72. The van der Waals surface area contributed by atoms with E-state index in [0.29, 0.717) is 11.3 Å². The van der Waals surface area contributed by atoms with Gasteiger partial charge in [-0.05, 0) is 41.1 Å². The normalized spacial score (nSPS) is 10.5. The third-order valence-electron chi connectivity index (χ3n) is 2.81. The average Bonchev–Trinajstić information content (AvgIpc) is 2.86. The predicted octanol–water partition coefficient (Wildman–Crippen LogP) is 3.13. The van der Waals surface area contributed by atoms with E-state index in [1.54, 1.807) is 23.6 Å². The summed E-state index contributed by atoms with van der Waals surface area (Å²) in [6, 6.07) is 9.45. The number of thiophene rings is 1. The van der Waals surface area contributed by atoms with Crippen molar-refractivity contribution in [1.82, 2.24) is 4.98 Å². The average molecular weight is 269 g/mol. The molecule has 4 nitrogen and oxygen atoms in total. The highest BCUT2D eigenvalue weighted by molar-refractivity contribution is 7.17. The lowest BCUT2D eigenvalue weighted by Gasteiger charge is -2.07. The minimum Gasteiger partial charge on any atom is -0.397 e. The molecule has 0 aliphatic heterocycles. The van der Waals surface area contributed by atoms with E-state index in [0.717, 1.165) is 11.1 Å². The highest BCUT2D eigenvalue weighted by Crippen LogP contribution is 2.24. The van der Waals surface area contributed by atoms with Crippen molar-refractivity contribution in [2.45, 2.75) is 0 Å². The van der Waals surface area contributed by atoms with E-state index < -0.39 is 0 Å². The number of anilines is 2. The van der Waals surface area contributed by atoms with Crippen LogP contribution in [0.3, 0.4) is 0 Å². The Morgan fingerprint density at radius 1 is 1.26 bits per heavy atom. The van der Waals surface area contributed by atoms with Crippen molar-refractivity contribution >= 4 is 38.7 Å². The summed E-state index contributed by atoms with van der Waals surface area (Å²) in [4.78, 5) is 16.0. The number of fused-ring (bicyclic) bond motifs is 1. The highest BCUT2D eigenvalue weighted by atomic mass is 32.1. The quantitative estimate of drug-likeness (QED) is 0.751. The Balaban J connectivity index is 1.88. The summed E-state index contributed by atoms with van der Waals surface area (Å²) in [5.41, 5.74) is 7.29. The molecule has 1 aromatic carbocycles. The van der Waals surface area contributed by atoms with Crippen molar-refractivity contribution in [3.63, 3.8) is 0 Å². The summed E-state index contributed by atoms with van der Waals surface area (Å²) >= 11 is 1.67. The molecular weight excluding hydrogens is 258 g/mol. The molecule has 2 heterocycles. The summed E-state index contributed by atoms with van der Waals surface area (Å²) in [5, 5.41) is 5.98. The molecule has 0 aliphatic carbocycles. The molecule has 0 aliphatic rings. The first-order valence-corrected chi connectivity index (χ1v) is 6.60. The van der Waals surface area contributed by atoms with Gasteiger partial charge < -0.3 is 11.1 Å². The SMILES string of the molecule is Nc1cnccc1C(=O)Nc1ccc2sccc2c1. The lowest BCUT2D eigenvalue weighted by atomic mass is 10.2. The van der Waals surface area contributed by atoms with Crippen LogP contribution < -0.4 is 11.1 Å². The Morgan fingerprint density at radius 2 is 2.16 bits per heavy atom. The van der Waals surface area contributed by atoms with E-state index in [4.69, 9.17) is 5.73 Å². The Labute approximate surface area is 113 Å². The van der Waals surface area contributed by atoms with Crippen LogP contribution >= 0.6 is 11.3 Å². The number of nitrogens with one attached hydrogen (secondary N) is 1. The number of benzene rings is 1. The van der Waals surface area contributed by atoms with Crippen molar-refractivity contribution in [2.24, 2.45) is 0 Å². The minimum absolute atomic E-state index is 0.227.